The molecule has 3 aromatic rings. The lowest BCUT2D eigenvalue weighted by atomic mass is 9.74. The van der Waals surface area contributed by atoms with Crippen LogP contribution in [0.5, 0.6) is 0 Å². The molecule has 0 bridgehead atoms. The van der Waals surface area contributed by atoms with E-state index in [-0.39, 0.29) is 18.1 Å². The van der Waals surface area contributed by atoms with E-state index in [0.29, 0.717) is 11.5 Å². The van der Waals surface area contributed by atoms with E-state index in [1.807, 2.05) is 25.4 Å². The van der Waals surface area contributed by atoms with Crippen molar-refractivity contribution in [2.24, 2.45) is 11.1 Å². The summed E-state index contributed by atoms with van der Waals surface area (Å²) in [6.07, 6.45) is 4.62. The van der Waals surface area contributed by atoms with Gasteiger partial charge in [-0.05, 0) is 44.6 Å². The first-order valence-corrected chi connectivity index (χ1v) is 12.4. The summed E-state index contributed by atoms with van der Waals surface area (Å²) in [5.74, 6) is 1.28. The van der Waals surface area contributed by atoms with Crippen LogP contribution in [0.15, 0.2) is 27.7 Å². The summed E-state index contributed by atoms with van der Waals surface area (Å²) in [7, 11) is 0. The average Bonchev–Trinajstić information content (AvgIpc) is 3.34. The number of nitrogen functional groups attached to an aromatic ring is 1. The van der Waals surface area contributed by atoms with Gasteiger partial charge in [0.2, 0.25) is 0 Å². The average molecular weight is 470 g/mol. The minimum Gasteiger partial charge on any atom is -0.390 e. The quantitative estimate of drug-likeness (QED) is 0.528. The second-order valence-electron chi connectivity index (χ2n) is 8.63. The molecule has 0 aromatic carbocycles. The van der Waals surface area contributed by atoms with Crippen LogP contribution >= 0.6 is 23.1 Å². The number of hydrogen-bond donors (Lipinski definition) is 3. The molecule has 1 aliphatic carbocycles. The lowest BCUT2D eigenvalue weighted by molar-refractivity contribution is 0.187. The summed E-state index contributed by atoms with van der Waals surface area (Å²) in [6.45, 7) is 5.44. The highest BCUT2D eigenvalue weighted by atomic mass is 32.2. The topological polar surface area (TPSA) is 127 Å². The largest absolute Gasteiger partial charge is 0.390 e. The number of rotatable bonds is 4. The molecule has 1 atom stereocenters. The Hall–Kier alpha value is -2.27. The second-order valence-corrected chi connectivity index (χ2v) is 10.5. The van der Waals surface area contributed by atoms with Gasteiger partial charge < -0.3 is 21.5 Å². The van der Waals surface area contributed by atoms with Gasteiger partial charge in [0.15, 0.2) is 5.82 Å². The van der Waals surface area contributed by atoms with E-state index in [2.05, 4.69) is 14.9 Å². The van der Waals surface area contributed by atoms with Crippen molar-refractivity contribution in [1.82, 2.24) is 19.9 Å². The summed E-state index contributed by atoms with van der Waals surface area (Å²) in [4.78, 5) is 22.8. The molecular weight excluding hydrogens is 442 g/mol. The lowest BCUT2D eigenvalue weighted by Gasteiger charge is -2.42. The Kier molecular flexibility index (Phi) is 5.56. The molecule has 5 N–H and O–H groups in total. The summed E-state index contributed by atoms with van der Waals surface area (Å²) in [5, 5.41) is 10.8. The molecule has 0 radical (unpaired) electrons. The molecule has 0 saturated carbocycles. The highest BCUT2D eigenvalue weighted by Gasteiger charge is 2.47. The SMILES string of the molecule is Cc1nc(N2CCC3(CC2)Cc2ncsc2[C@H]3N)c(CO)nc1Sc1ccnc(N)c1C. The monoisotopic (exact) mass is 469 g/mol. The van der Waals surface area contributed by atoms with E-state index >= 15 is 0 Å². The van der Waals surface area contributed by atoms with E-state index < -0.39 is 0 Å². The van der Waals surface area contributed by atoms with Gasteiger partial charge in [-0.15, -0.1) is 11.3 Å². The minimum atomic E-state index is -0.157. The van der Waals surface area contributed by atoms with Crippen molar-refractivity contribution >= 4 is 34.7 Å². The molecule has 4 heterocycles. The van der Waals surface area contributed by atoms with Gasteiger partial charge in [-0.3, -0.25) is 0 Å². The van der Waals surface area contributed by atoms with E-state index in [4.69, 9.17) is 21.4 Å². The normalized spacial score (nSPS) is 19.5. The number of anilines is 2. The molecule has 10 heteroatoms. The Morgan fingerprint density at radius 3 is 2.75 bits per heavy atom. The molecule has 8 nitrogen and oxygen atoms in total. The van der Waals surface area contributed by atoms with Crippen LogP contribution in [0.4, 0.5) is 11.6 Å². The fraction of sp³-hybridized carbons (Fsp3) is 0.455. The second kappa shape index (κ2) is 8.26. The standard InChI is InChI=1S/C22H27N7OS2/c1-12-16(3-6-25-19(12)24)32-21-13(2)27-20(15(10-30)28-21)29-7-4-22(5-8-29)9-14-17(18(22)23)31-11-26-14/h3,6,11,18,30H,4-5,7-10,23H2,1-2H3,(H2,24,25)/t18-/m1/s1. The van der Waals surface area contributed by atoms with Gasteiger partial charge in [0.25, 0.3) is 0 Å². The van der Waals surface area contributed by atoms with Crippen molar-refractivity contribution in [1.29, 1.82) is 0 Å². The number of aliphatic hydroxyl groups excluding tert-OH is 1. The van der Waals surface area contributed by atoms with E-state index in [0.717, 1.165) is 59.3 Å². The van der Waals surface area contributed by atoms with Gasteiger partial charge in [0, 0.05) is 40.7 Å². The highest BCUT2D eigenvalue weighted by Crippen LogP contribution is 2.52. The molecule has 2 aliphatic rings. The van der Waals surface area contributed by atoms with Gasteiger partial charge in [0.05, 0.1) is 23.5 Å². The smallest absolute Gasteiger partial charge is 0.153 e. The van der Waals surface area contributed by atoms with Crippen molar-refractivity contribution in [3.8, 4) is 0 Å². The van der Waals surface area contributed by atoms with Crippen molar-refractivity contribution in [2.45, 2.75) is 55.7 Å². The summed E-state index contributed by atoms with van der Waals surface area (Å²) < 4.78 is 0. The number of hydrogen-bond acceptors (Lipinski definition) is 10. The van der Waals surface area contributed by atoms with Crippen LogP contribution in [0.25, 0.3) is 0 Å². The van der Waals surface area contributed by atoms with Gasteiger partial charge in [-0.1, -0.05) is 11.8 Å². The number of aromatic nitrogens is 4. The molecule has 32 heavy (non-hydrogen) atoms. The maximum Gasteiger partial charge on any atom is 0.153 e. The predicted molar refractivity (Wildman–Crippen MR) is 127 cm³/mol. The number of fused-ring (bicyclic) bond motifs is 1. The van der Waals surface area contributed by atoms with Gasteiger partial charge in [-0.2, -0.15) is 0 Å². The van der Waals surface area contributed by atoms with E-state index in [9.17, 15) is 5.11 Å². The first-order valence-electron chi connectivity index (χ1n) is 10.7. The third-order valence-corrected chi connectivity index (χ3v) is 9.02. The zero-order chi connectivity index (χ0) is 22.5. The molecule has 3 aromatic heterocycles. The van der Waals surface area contributed by atoms with Gasteiger partial charge in [0.1, 0.15) is 16.5 Å². The fourth-order valence-corrected chi connectivity index (χ4v) is 6.66. The molecule has 1 aliphatic heterocycles. The third kappa shape index (κ3) is 3.55. The van der Waals surface area contributed by atoms with Gasteiger partial charge >= 0.3 is 0 Å². The highest BCUT2D eigenvalue weighted by molar-refractivity contribution is 7.99. The molecule has 168 valence electrons. The van der Waals surface area contributed by atoms with Crippen LogP contribution < -0.4 is 16.4 Å². The summed E-state index contributed by atoms with van der Waals surface area (Å²) >= 11 is 3.18. The predicted octanol–water partition coefficient (Wildman–Crippen LogP) is 3.01. The van der Waals surface area contributed by atoms with Crippen LogP contribution in [0, 0.1) is 19.3 Å². The lowest BCUT2D eigenvalue weighted by Crippen LogP contribution is -2.45. The number of aryl methyl sites for hydroxylation is 1. The number of aliphatic hydroxyl groups is 1. The zero-order valence-corrected chi connectivity index (χ0v) is 19.8. The fourth-order valence-electron chi connectivity index (χ4n) is 4.77. The third-order valence-electron chi connectivity index (χ3n) is 6.82. The molecule has 1 spiro atoms. The maximum absolute atomic E-state index is 10.1. The van der Waals surface area contributed by atoms with Crippen LogP contribution in [0.2, 0.25) is 0 Å². The Morgan fingerprint density at radius 1 is 1.25 bits per heavy atom. The molecule has 1 saturated heterocycles. The molecule has 5 rings (SSSR count). The van der Waals surface area contributed by atoms with Gasteiger partial charge in [-0.25, -0.2) is 19.9 Å². The van der Waals surface area contributed by atoms with Crippen molar-refractivity contribution in [2.75, 3.05) is 23.7 Å². The zero-order valence-electron chi connectivity index (χ0n) is 18.2. The molecule has 0 unspecified atom stereocenters. The number of nitrogens with zero attached hydrogens (tertiary/aromatic N) is 5. The van der Waals surface area contributed by atoms with E-state index in [1.165, 1.54) is 22.3 Å². The first kappa shape index (κ1) is 21.6. The molecule has 1 fully saturated rings. The summed E-state index contributed by atoms with van der Waals surface area (Å²) in [5.41, 5.74) is 18.1. The number of nitrogens with two attached hydrogens (primary N) is 2. The Labute approximate surface area is 195 Å². The Bertz CT molecular complexity index is 1160. The van der Waals surface area contributed by atoms with Crippen LogP contribution in [0.3, 0.4) is 0 Å². The van der Waals surface area contributed by atoms with Crippen LogP contribution in [-0.2, 0) is 13.0 Å². The minimum absolute atomic E-state index is 0.0621. The molecule has 0 amide bonds. The van der Waals surface area contributed by atoms with Crippen LogP contribution in [0.1, 0.15) is 46.4 Å². The maximum atomic E-state index is 10.1. The first-order chi connectivity index (χ1) is 15.4. The van der Waals surface area contributed by atoms with Crippen molar-refractivity contribution < 1.29 is 5.11 Å². The number of thiazole rings is 1. The molecular formula is C22H27N7OS2. The number of piperidine rings is 1. The van der Waals surface area contributed by atoms with E-state index in [1.54, 1.807) is 17.5 Å². The van der Waals surface area contributed by atoms with Crippen molar-refractivity contribution in [3.63, 3.8) is 0 Å². The summed E-state index contributed by atoms with van der Waals surface area (Å²) in [6, 6.07) is 1.99. The Morgan fingerprint density at radius 2 is 2.03 bits per heavy atom. The Balaban J connectivity index is 1.36. The number of pyridine rings is 1. The van der Waals surface area contributed by atoms with Crippen molar-refractivity contribution in [3.05, 3.63) is 45.3 Å². The van der Waals surface area contributed by atoms with Crippen LogP contribution in [-0.4, -0.2) is 38.1 Å².